The molecule has 0 aromatic rings. The molecule has 0 radical (unpaired) electrons. The highest BCUT2D eigenvalue weighted by Gasteiger charge is 2.41. The molecule has 3 nitrogen and oxygen atoms in total. The van der Waals surface area contributed by atoms with Crippen LogP contribution < -0.4 is 0 Å². The molecular formula is C9H9NO2. The van der Waals surface area contributed by atoms with Gasteiger partial charge in [0.2, 0.25) is 5.91 Å². The van der Waals surface area contributed by atoms with Gasteiger partial charge in [0.25, 0.3) is 5.91 Å². The van der Waals surface area contributed by atoms with E-state index in [0.29, 0.717) is 5.57 Å². The first-order valence-electron chi connectivity index (χ1n) is 3.99. The molecule has 2 amide bonds. The molecule has 0 bridgehead atoms. The average Bonchev–Trinajstić information content (AvgIpc) is 2.33. The molecule has 1 saturated heterocycles. The lowest BCUT2D eigenvalue weighted by molar-refractivity contribution is -0.137. The predicted octanol–water partition coefficient (Wildman–Crippen LogP) is 0.476. The summed E-state index contributed by atoms with van der Waals surface area (Å²) in [5.41, 5.74) is 3.42. The maximum atomic E-state index is 11.4. The SMILES string of the molecule is CN1C(=O)C2=C=CCCC2C1=O. The van der Waals surface area contributed by atoms with Gasteiger partial charge in [-0.05, 0) is 18.9 Å². The van der Waals surface area contributed by atoms with Gasteiger partial charge in [-0.3, -0.25) is 14.5 Å². The van der Waals surface area contributed by atoms with E-state index in [1.807, 2.05) is 6.08 Å². The number of likely N-dealkylation sites (N-methyl/N-ethyl adjacent to an activating group) is 1. The summed E-state index contributed by atoms with van der Waals surface area (Å²) in [4.78, 5) is 23.9. The van der Waals surface area contributed by atoms with Gasteiger partial charge in [-0.2, -0.15) is 0 Å². The maximum Gasteiger partial charge on any atom is 0.264 e. The maximum absolute atomic E-state index is 11.4. The summed E-state index contributed by atoms with van der Waals surface area (Å²) in [5.74, 6) is -0.455. The molecule has 3 heteroatoms. The standard InChI is InChI=1S/C9H9NO2/c1-10-8(11)6-4-2-3-5-7(6)9(10)12/h2,7H,3,5H2,1H3. The van der Waals surface area contributed by atoms with E-state index in [2.05, 4.69) is 5.73 Å². The molecular weight excluding hydrogens is 154 g/mol. The molecule has 0 saturated carbocycles. The molecule has 12 heavy (non-hydrogen) atoms. The molecule has 1 fully saturated rings. The summed E-state index contributed by atoms with van der Waals surface area (Å²) in [7, 11) is 1.53. The number of fused-ring (bicyclic) bond motifs is 1. The van der Waals surface area contributed by atoms with Crippen LogP contribution in [-0.4, -0.2) is 23.8 Å². The van der Waals surface area contributed by atoms with E-state index >= 15 is 0 Å². The summed E-state index contributed by atoms with van der Waals surface area (Å²) in [6.07, 6.45) is 3.44. The van der Waals surface area contributed by atoms with Crippen LogP contribution in [0.25, 0.3) is 0 Å². The van der Waals surface area contributed by atoms with E-state index < -0.39 is 0 Å². The number of hydrogen-bond donors (Lipinski definition) is 0. The van der Waals surface area contributed by atoms with Crippen molar-refractivity contribution >= 4 is 11.8 Å². The quantitative estimate of drug-likeness (QED) is 0.384. The van der Waals surface area contributed by atoms with Crippen molar-refractivity contribution in [3.05, 3.63) is 17.4 Å². The van der Waals surface area contributed by atoms with Crippen LogP contribution in [0, 0.1) is 5.92 Å². The highest BCUT2D eigenvalue weighted by molar-refractivity contribution is 6.14. The number of carbonyl (C=O) groups is 2. The first-order valence-corrected chi connectivity index (χ1v) is 3.99. The number of rotatable bonds is 0. The molecule has 1 atom stereocenters. The predicted molar refractivity (Wildman–Crippen MR) is 42.1 cm³/mol. The molecule has 0 N–H and O–H groups in total. The third-order valence-electron chi connectivity index (χ3n) is 2.37. The second kappa shape index (κ2) is 2.32. The molecule has 0 aromatic carbocycles. The Kier molecular flexibility index (Phi) is 1.42. The van der Waals surface area contributed by atoms with Gasteiger partial charge in [0, 0.05) is 7.05 Å². The van der Waals surface area contributed by atoms with Crippen LogP contribution in [0.1, 0.15) is 12.8 Å². The van der Waals surface area contributed by atoms with Gasteiger partial charge >= 0.3 is 0 Å². The van der Waals surface area contributed by atoms with Crippen molar-refractivity contribution in [2.24, 2.45) is 5.92 Å². The first-order chi connectivity index (χ1) is 5.72. The smallest absolute Gasteiger partial charge is 0.264 e. The fraction of sp³-hybridized carbons (Fsp3) is 0.444. The summed E-state index contributed by atoms with van der Waals surface area (Å²) < 4.78 is 0. The normalized spacial score (nSPS) is 27.6. The summed E-state index contributed by atoms with van der Waals surface area (Å²) in [6, 6.07) is 0. The summed E-state index contributed by atoms with van der Waals surface area (Å²) in [6.45, 7) is 0. The molecule has 62 valence electrons. The van der Waals surface area contributed by atoms with E-state index in [1.165, 1.54) is 11.9 Å². The van der Waals surface area contributed by atoms with Gasteiger partial charge < -0.3 is 0 Å². The molecule has 2 aliphatic rings. The van der Waals surface area contributed by atoms with Gasteiger partial charge in [-0.25, -0.2) is 0 Å². The topological polar surface area (TPSA) is 37.4 Å². The van der Waals surface area contributed by atoms with E-state index in [-0.39, 0.29) is 17.7 Å². The number of likely N-dealkylation sites (tertiary alicyclic amines) is 1. The van der Waals surface area contributed by atoms with Gasteiger partial charge in [-0.15, -0.1) is 5.73 Å². The highest BCUT2D eigenvalue weighted by atomic mass is 16.2. The summed E-state index contributed by atoms with van der Waals surface area (Å²) in [5, 5.41) is 0. The van der Waals surface area contributed by atoms with Crippen molar-refractivity contribution in [1.82, 2.24) is 4.90 Å². The first kappa shape index (κ1) is 7.32. The fourth-order valence-electron chi connectivity index (χ4n) is 1.65. The van der Waals surface area contributed by atoms with Crippen LogP contribution in [0.15, 0.2) is 17.4 Å². The zero-order valence-electron chi connectivity index (χ0n) is 6.83. The second-order valence-corrected chi connectivity index (χ2v) is 3.09. The number of amides is 2. The lowest BCUT2D eigenvalue weighted by Crippen LogP contribution is -2.25. The van der Waals surface area contributed by atoms with Crippen LogP contribution in [0.5, 0.6) is 0 Å². The zero-order valence-corrected chi connectivity index (χ0v) is 6.83. The monoisotopic (exact) mass is 163 g/mol. The van der Waals surface area contributed by atoms with Gasteiger partial charge in [0.05, 0.1) is 11.5 Å². The van der Waals surface area contributed by atoms with Crippen LogP contribution in [-0.2, 0) is 9.59 Å². The zero-order chi connectivity index (χ0) is 8.72. The Morgan fingerprint density at radius 1 is 1.58 bits per heavy atom. The molecule has 1 aliphatic carbocycles. The van der Waals surface area contributed by atoms with Crippen LogP contribution in [0.3, 0.4) is 0 Å². The van der Waals surface area contributed by atoms with Crippen LogP contribution >= 0.6 is 0 Å². The minimum atomic E-state index is -0.201. The van der Waals surface area contributed by atoms with E-state index in [9.17, 15) is 9.59 Å². The van der Waals surface area contributed by atoms with Gasteiger partial charge in [0.1, 0.15) is 0 Å². The minimum Gasteiger partial charge on any atom is -0.281 e. The summed E-state index contributed by atoms with van der Waals surface area (Å²) >= 11 is 0. The van der Waals surface area contributed by atoms with Crippen molar-refractivity contribution in [2.75, 3.05) is 7.05 Å². The van der Waals surface area contributed by atoms with E-state index in [4.69, 9.17) is 0 Å². The van der Waals surface area contributed by atoms with Crippen molar-refractivity contribution in [1.29, 1.82) is 0 Å². The lowest BCUT2D eigenvalue weighted by atomic mass is 9.93. The third-order valence-corrected chi connectivity index (χ3v) is 2.37. The molecule has 1 unspecified atom stereocenters. The largest absolute Gasteiger partial charge is 0.281 e. The Labute approximate surface area is 70.4 Å². The Morgan fingerprint density at radius 3 is 3.00 bits per heavy atom. The van der Waals surface area contributed by atoms with Gasteiger partial charge in [-0.1, -0.05) is 0 Å². The minimum absolute atomic E-state index is 0.0735. The number of imide groups is 1. The Hall–Kier alpha value is -1.34. The molecule has 1 heterocycles. The third kappa shape index (κ3) is 0.772. The molecule has 0 aromatic heterocycles. The van der Waals surface area contributed by atoms with Crippen molar-refractivity contribution in [3.8, 4) is 0 Å². The van der Waals surface area contributed by atoms with E-state index in [0.717, 1.165) is 12.8 Å². The van der Waals surface area contributed by atoms with Crippen molar-refractivity contribution < 1.29 is 9.59 Å². The number of carbonyl (C=O) groups excluding carboxylic acids is 2. The lowest BCUT2D eigenvalue weighted by Gasteiger charge is -2.07. The van der Waals surface area contributed by atoms with Crippen LogP contribution in [0.4, 0.5) is 0 Å². The molecule has 0 spiro atoms. The Balaban J connectivity index is 2.51. The highest BCUT2D eigenvalue weighted by Crippen LogP contribution is 2.29. The number of nitrogens with zero attached hydrogens (tertiary/aromatic N) is 1. The second-order valence-electron chi connectivity index (χ2n) is 3.09. The Bertz CT molecular complexity index is 323. The van der Waals surface area contributed by atoms with Crippen LogP contribution in [0.2, 0.25) is 0 Å². The van der Waals surface area contributed by atoms with Crippen molar-refractivity contribution in [2.45, 2.75) is 12.8 Å². The fourth-order valence-corrected chi connectivity index (χ4v) is 1.65. The average molecular weight is 163 g/mol. The molecule has 1 aliphatic heterocycles. The van der Waals surface area contributed by atoms with E-state index in [1.54, 1.807) is 0 Å². The number of hydrogen-bond acceptors (Lipinski definition) is 2. The Morgan fingerprint density at radius 2 is 2.33 bits per heavy atom. The molecule has 2 rings (SSSR count). The van der Waals surface area contributed by atoms with Gasteiger partial charge in [0.15, 0.2) is 0 Å². The van der Waals surface area contributed by atoms with Crippen molar-refractivity contribution in [3.63, 3.8) is 0 Å².